The Morgan fingerprint density at radius 3 is 2.33 bits per heavy atom. The number of pyridine rings is 1. The van der Waals surface area contributed by atoms with E-state index in [1.54, 1.807) is 0 Å². The van der Waals surface area contributed by atoms with Crippen molar-refractivity contribution in [1.82, 2.24) is 4.98 Å². The minimum Gasteiger partial charge on any atom is -0.399 e. The van der Waals surface area contributed by atoms with Crippen molar-refractivity contribution in [3.8, 4) is 22.3 Å². The van der Waals surface area contributed by atoms with Gasteiger partial charge in [-0.15, -0.1) is 0 Å². The molecule has 0 saturated heterocycles. The predicted octanol–water partition coefficient (Wildman–Crippen LogP) is 5.80. The van der Waals surface area contributed by atoms with Crippen molar-refractivity contribution >= 4 is 28.2 Å². The molecular formula is C21H15ClN2. The number of aromatic nitrogens is 1. The zero-order valence-corrected chi connectivity index (χ0v) is 13.7. The Labute approximate surface area is 145 Å². The fraction of sp³-hybridized carbons (Fsp3) is 0. The highest BCUT2D eigenvalue weighted by molar-refractivity contribution is 6.35. The second-order valence-corrected chi connectivity index (χ2v) is 6.08. The number of anilines is 1. The highest BCUT2D eigenvalue weighted by atomic mass is 35.5. The topological polar surface area (TPSA) is 38.9 Å². The molecule has 0 unspecified atom stereocenters. The molecule has 3 aromatic carbocycles. The molecule has 0 bridgehead atoms. The van der Waals surface area contributed by atoms with Gasteiger partial charge in [0.25, 0.3) is 0 Å². The van der Waals surface area contributed by atoms with E-state index < -0.39 is 0 Å². The predicted molar refractivity (Wildman–Crippen MR) is 102 cm³/mol. The van der Waals surface area contributed by atoms with Crippen LogP contribution in [0.3, 0.4) is 0 Å². The normalized spacial score (nSPS) is 10.9. The summed E-state index contributed by atoms with van der Waals surface area (Å²) in [4.78, 5) is 4.60. The Morgan fingerprint density at radius 1 is 0.792 bits per heavy atom. The van der Waals surface area contributed by atoms with Crippen LogP contribution in [0, 0.1) is 0 Å². The van der Waals surface area contributed by atoms with Crippen LogP contribution < -0.4 is 5.73 Å². The molecule has 24 heavy (non-hydrogen) atoms. The van der Waals surface area contributed by atoms with Crippen molar-refractivity contribution in [1.29, 1.82) is 0 Å². The molecule has 1 heterocycles. The van der Waals surface area contributed by atoms with E-state index in [9.17, 15) is 0 Å². The van der Waals surface area contributed by atoms with Crippen molar-refractivity contribution in [2.24, 2.45) is 0 Å². The number of rotatable bonds is 2. The first-order chi connectivity index (χ1) is 11.7. The first-order valence-electron chi connectivity index (χ1n) is 7.72. The second-order valence-electron chi connectivity index (χ2n) is 5.67. The summed E-state index contributed by atoms with van der Waals surface area (Å²) in [7, 11) is 0. The highest BCUT2D eigenvalue weighted by Gasteiger charge is 2.14. The second kappa shape index (κ2) is 5.99. The molecule has 2 nitrogen and oxygen atoms in total. The molecule has 2 N–H and O–H groups in total. The lowest BCUT2D eigenvalue weighted by Crippen LogP contribution is -1.92. The van der Waals surface area contributed by atoms with Gasteiger partial charge in [-0.1, -0.05) is 66.2 Å². The lowest BCUT2D eigenvalue weighted by molar-refractivity contribution is 1.40. The minimum absolute atomic E-state index is 0.650. The van der Waals surface area contributed by atoms with Crippen molar-refractivity contribution in [3.05, 3.63) is 84.0 Å². The zero-order valence-electron chi connectivity index (χ0n) is 12.9. The summed E-state index contributed by atoms with van der Waals surface area (Å²) >= 11 is 6.36. The summed E-state index contributed by atoms with van der Waals surface area (Å²) in [5.74, 6) is 0. The van der Waals surface area contributed by atoms with Crippen LogP contribution in [0.2, 0.25) is 5.02 Å². The standard InChI is InChI=1S/C21H15ClN2/c22-19-11-5-10-17-20(15-8-4-9-16(23)12-15)18(13-24-21(17)19)14-6-2-1-3-7-14/h1-13H,23H2. The molecule has 0 radical (unpaired) electrons. The molecule has 3 heteroatoms. The number of nitrogens with zero attached hydrogens (tertiary/aromatic N) is 1. The number of nitrogen functional groups attached to an aromatic ring is 1. The van der Waals surface area contributed by atoms with Crippen LogP contribution in [0.4, 0.5) is 5.69 Å². The van der Waals surface area contributed by atoms with Crippen LogP contribution in [-0.2, 0) is 0 Å². The van der Waals surface area contributed by atoms with Crippen LogP contribution in [0.25, 0.3) is 33.2 Å². The highest BCUT2D eigenvalue weighted by Crippen LogP contribution is 2.39. The summed E-state index contributed by atoms with van der Waals surface area (Å²) in [6.45, 7) is 0. The largest absolute Gasteiger partial charge is 0.399 e. The van der Waals surface area contributed by atoms with Crippen molar-refractivity contribution in [3.63, 3.8) is 0 Å². The van der Waals surface area contributed by atoms with Crippen molar-refractivity contribution in [2.75, 3.05) is 5.73 Å². The fourth-order valence-electron chi connectivity index (χ4n) is 3.03. The third kappa shape index (κ3) is 2.51. The van der Waals surface area contributed by atoms with Gasteiger partial charge in [0.15, 0.2) is 0 Å². The molecule has 116 valence electrons. The quantitative estimate of drug-likeness (QED) is 0.471. The van der Waals surface area contributed by atoms with E-state index in [1.165, 1.54) is 0 Å². The molecule has 0 aliphatic heterocycles. The average Bonchev–Trinajstić information content (AvgIpc) is 2.62. The number of fused-ring (bicyclic) bond motifs is 1. The molecule has 0 amide bonds. The molecular weight excluding hydrogens is 316 g/mol. The molecule has 4 aromatic rings. The van der Waals surface area contributed by atoms with E-state index in [0.29, 0.717) is 5.02 Å². The van der Waals surface area contributed by atoms with E-state index in [0.717, 1.165) is 38.8 Å². The summed E-state index contributed by atoms with van der Waals surface area (Å²) < 4.78 is 0. The Hall–Kier alpha value is -2.84. The SMILES string of the molecule is Nc1cccc(-c2c(-c3ccccc3)cnc3c(Cl)cccc23)c1. The molecule has 0 aliphatic carbocycles. The Kier molecular flexibility index (Phi) is 3.68. The molecule has 0 aliphatic rings. The van der Waals surface area contributed by atoms with Gasteiger partial charge in [-0.3, -0.25) is 4.98 Å². The lowest BCUT2D eigenvalue weighted by Gasteiger charge is -2.14. The van der Waals surface area contributed by atoms with Crippen molar-refractivity contribution in [2.45, 2.75) is 0 Å². The first kappa shape index (κ1) is 14.7. The minimum atomic E-state index is 0.650. The lowest BCUT2D eigenvalue weighted by atomic mass is 9.92. The summed E-state index contributed by atoms with van der Waals surface area (Å²) in [5.41, 5.74) is 11.9. The Morgan fingerprint density at radius 2 is 1.54 bits per heavy atom. The number of nitrogens with two attached hydrogens (primary N) is 1. The maximum absolute atomic E-state index is 6.36. The van der Waals surface area contributed by atoms with E-state index in [-0.39, 0.29) is 0 Å². The van der Waals surface area contributed by atoms with Crippen LogP contribution in [-0.4, -0.2) is 4.98 Å². The van der Waals surface area contributed by atoms with Gasteiger partial charge in [-0.05, 0) is 29.3 Å². The number of para-hydroxylation sites is 1. The third-order valence-corrected chi connectivity index (χ3v) is 4.41. The van der Waals surface area contributed by atoms with Gasteiger partial charge in [0, 0.05) is 28.4 Å². The van der Waals surface area contributed by atoms with Gasteiger partial charge in [0.1, 0.15) is 0 Å². The molecule has 0 saturated carbocycles. The molecule has 0 fully saturated rings. The Balaban J connectivity index is 2.12. The van der Waals surface area contributed by atoms with Crippen LogP contribution >= 0.6 is 11.6 Å². The van der Waals surface area contributed by atoms with Gasteiger partial charge < -0.3 is 5.73 Å². The maximum Gasteiger partial charge on any atom is 0.0894 e. The molecule has 0 spiro atoms. The van der Waals surface area contributed by atoms with E-state index in [2.05, 4.69) is 29.2 Å². The number of halogens is 1. The number of benzene rings is 3. The van der Waals surface area contributed by atoms with Gasteiger partial charge in [-0.2, -0.15) is 0 Å². The zero-order chi connectivity index (χ0) is 16.5. The summed E-state index contributed by atoms with van der Waals surface area (Å²) in [6, 6.07) is 24.0. The maximum atomic E-state index is 6.36. The van der Waals surface area contributed by atoms with Crippen LogP contribution in [0.15, 0.2) is 79.0 Å². The van der Waals surface area contributed by atoms with E-state index in [4.69, 9.17) is 17.3 Å². The fourth-order valence-corrected chi connectivity index (χ4v) is 3.25. The number of hydrogen-bond donors (Lipinski definition) is 1. The van der Waals surface area contributed by atoms with Crippen LogP contribution in [0.5, 0.6) is 0 Å². The van der Waals surface area contributed by atoms with Gasteiger partial charge in [0.05, 0.1) is 10.5 Å². The molecule has 1 aromatic heterocycles. The molecule has 0 atom stereocenters. The summed E-state index contributed by atoms with van der Waals surface area (Å²) in [6.07, 6.45) is 1.89. The summed E-state index contributed by atoms with van der Waals surface area (Å²) in [5, 5.41) is 1.67. The van der Waals surface area contributed by atoms with Gasteiger partial charge in [0.2, 0.25) is 0 Å². The van der Waals surface area contributed by atoms with E-state index in [1.807, 2.05) is 54.7 Å². The molecule has 4 rings (SSSR count). The van der Waals surface area contributed by atoms with Gasteiger partial charge >= 0.3 is 0 Å². The van der Waals surface area contributed by atoms with Gasteiger partial charge in [-0.25, -0.2) is 0 Å². The number of hydrogen-bond acceptors (Lipinski definition) is 2. The first-order valence-corrected chi connectivity index (χ1v) is 8.10. The van der Waals surface area contributed by atoms with Crippen molar-refractivity contribution < 1.29 is 0 Å². The third-order valence-electron chi connectivity index (χ3n) is 4.11. The monoisotopic (exact) mass is 330 g/mol. The Bertz CT molecular complexity index is 1030. The average molecular weight is 331 g/mol. The van der Waals surface area contributed by atoms with Crippen LogP contribution in [0.1, 0.15) is 0 Å². The smallest absolute Gasteiger partial charge is 0.0894 e. The van der Waals surface area contributed by atoms with E-state index >= 15 is 0 Å².